The maximum atomic E-state index is 12.2. The highest BCUT2D eigenvalue weighted by Crippen LogP contribution is 2.32. The van der Waals surface area contributed by atoms with Crippen LogP contribution in [-0.2, 0) is 14.3 Å². The predicted molar refractivity (Wildman–Crippen MR) is 105 cm³/mol. The number of benzene rings is 2. The van der Waals surface area contributed by atoms with Crippen LogP contribution in [0.2, 0.25) is 5.02 Å². The lowest BCUT2D eigenvalue weighted by Crippen LogP contribution is -2.40. The topological polar surface area (TPSA) is 103 Å². The van der Waals surface area contributed by atoms with Gasteiger partial charge in [-0.25, -0.2) is 4.79 Å². The van der Waals surface area contributed by atoms with Crippen molar-refractivity contribution in [2.45, 2.75) is 13.0 Å². The van der Waals surface area contributed by atoms with Crippen molar-refractivity contribution >= 4 is 35.1 Å². The molecule has 2 N–H and O–H groups in total. The number of carbonyl (C=O) groups is 3. The first-order valence-corrected chi connectivity index (χ1v) is 9.23. The van der Waals surface area contributed by atoms with Crippen LogP contribution in [0.25, 0.3) is 0 Å². The molecule has 0 radical (unpaired) electrons. The number of carbonyl (C=O) groups excluding carboxylic acids is 3. The maximum Gasteiger partial charge on any atom is 0.328 e. The van der Waals surface area contributed by atoms with Gasteiger partial charge in [0, 0.05) is 11.8 Å². The van der Waals surface area contributed by atoms with Crippen LogP contribution in [0.1, 0.15) is 17.3 Å². The molecule has 0 saturated heterocycles. The van der Waals surface area contributed by atoms with E-state index in [2.05, 4.69) is 10.6 Å². The molecule has 29 heavy (non-hydrogen) atoms. The van der Waals surface area contributed by atoms with Crippen molar-refractivity contribution < 1.29 is 28.6 Å². The zero-order chi connectivity index (χ0) is 20.8. The van der Waals surface area contributed by atoms with Gasteiger partial charge in [0.25, 0.3) is 11.8 Å². The number of hydrogen-bond acceptors (Lipinski definition) is 6. The van der Waals surface area contributed by atoms with Gasteiger partial charge in [-0.05, 0) is 31.2 Å². The van der Waals surface area contributed by atoms with E-state index in [0.29, 0.717) is 30.4 Å². The van der Waals surface area contributed by atoms with Crippen LogP contribution in [0.15, 0.2) is 42.5 Å². The molecule has 0 bridgehead atoms. The average molecular weight is 419 g/mol. The van der Waals surface area contributed by atoms with Crippen LogP contribution >= 0.6 is 11.6 Å². The summed E-state index contributed by atoms with van der Waals surface area (Å²) in [5.74, 6) is -0.658. The van der Waals surface area contributed by atoms with E-state index >= 15 is 0 Å². The Morgan fingerprint density at radius 3 is 2.59 bits per heavy atom. The molecular weight excluding hydrogens is 400 g/mol. The maximum absolute atomic E-state index is 12.2. The molecule has 1 aliphatic rings. The molecule has 152 valence electrons. The number of hydrogen-bond donors (Lipinski definition) is 2. The van der Waals surface area contributed by atoms with Crippen LogP contribution in [0.3, 0.4) is 0 Å². The molecule has 2 amide bonds. The number of nitrogens with one attached hydrogen (secondary N) is 2. The number of anilines is 1. The minimum absolute atomic E-state index is 0.241. The smallest absolute Gasteiger partial charge is 0.328 e. The zero-order valence-corrected chi connectivity index (χ0v) is 16.3. The summed E-state index contributed by atoms with van der Waals surface area (Å²) >= 11 is 5.96. The third-order valence-electron chi connectivity index (χ3n) is 3.99. The molecule has 1 atom stereocenters. The Morgan fingerprint density at radius 1 is 1.10 bits per heavy atom. The predicted octanol–water partition coefficient (Wildman–Crippen LogP) is 2.41. The van der Waals surface area contributed by atoms with Gasteiger partial charge in [-0.1, -0.05) is 23.7 Å². The zero-order valence-electron chi connectivity index (χ0n) is 15.6. The number of amides is 2. The van der Waals surface area contributed by atoms with E-state index in [4.69, 9.17) is 25.8 Å². The van der Waals surface area contributed by atoms with Gasteiger partial charge in [0.15, 0.2) is 18.1 Å². The van der Waals surface area contributed by atoms with E-state index in [1.165, 1.54) is 13.0 Å². The second-order valence-electron chi connectivity index (χ2n) is 6.19. The van der Waals surface area contributed by atoms with Crippen molar-refractivity contribution in [2.24, 2.45) is 0 Å². The summed E-state index contributed by atoms with van der Waals surface area (Å²) in [5.41, 5.74) is 0.723. The third kappa shape index (κ3) is 5.39. The van der Waals surface area contributed by atoms with Gasteiger partial charge < -0.3 is 24.8 Å². The van der Waals surface area contributed by atoms with Crippen molar-refractivity contribution in [3.63, 3.8) is 0 Å². The molecule has 2 aromatic carbocycles. The first-order chi connectivity index (χ1) is 13.9. The summed E-state index contributed by atoms with van der Waals surface area (Å²) in [4.78, 5) is 36.3. The fourth-order valence-corrected chi connectivity index (χ4v) is 2.78. The highest BCUT2D eigenvalue weighted by molar-refractivity contribution is 6.33. The fraction of sp³-hybridized carbons (Fsp3) is 0.250. The van der Waals surface area contributed by atoms with E-state index in [9.17, 15) is 14.4 Å². The van der Waals surface area contributed by atoms with E-state index in [1.807, 2.05) is 0 Å². The fourth-order valence-electron chi connectivity index (χ4n) is 2.56. The summed E-state index contributed by atoms with van der Waals surface area (Å²) in [7, 11) is 0. The molecule has 8 nitrogen and oxygen atoms in total. The van der Waals surface area contributed by atoms with Crippen LogP contribution in [-0.4, -0.2) is 43.6 Å². The third-order valence-corrected chi connectivity index (χ3v) is 4.32. The lowest BCUT2D eigenvalue weighted by atomic mass is 10.2. The number of fused-ring (bicyclic) bond motifs is 1. The largest absolute Gasteiger partial charge is 0.486 e. The minimum atomic E-state index is -0.958. The van der Waals surface area contributed by atoms with Gasteiger partial charge in [0.2, 0.25) is 0 Å². The van der Waals surface area contributed by atoms with Gasteiger partial charge in [-0.2, -0.15) is 0 Å². The van der Waals surface area contributed by atoms with Crippen molar-refractivity contribution in [1.29, 1.82) is 0 Å². The second kappa shape index (κ2) is 9.29. The molecule has 1 aliphatic heterocycles. The quantitative estimate of drug-likeness (QED) is 0.698. The molecule has 0 fully saturated rings. The number of rotatable bonds is 6. The summed E-state index contributed by atoms with van der Waals surface area (Å²) in [5, 5.41) is 5.36. The molecule has 2 aromatic rings. The molecule has 0 saturated carbocycles. The van der Waals surface area contributed by atoms with E-state index in [0.717, 1.165) is 0 Å². The molecule has 0 spiro atoms. The van der Waals surface area contributed by atoms with Crippen molar-refractivity contribution in [2.75, 3.05) is 25.1 Å². The Kier molecular flexibility index (Phi) is 6.56. The van der Waals surface area contributed by atoms with Crippen molar-refractivity contribution in [3.05, 3.63) is 53.1 Å². The lowest BCUT2D eigenvalue weighted by Gasteiger charge is -2.19. The Hall–Kier alpha value is -3.26. The summed E-state index contributed by atoms with van der Waals surface area (Å²) < 4.78 is 15.8. The van der Waals surface area contributed by atoms with Crippen molar-refractivity contribution in [3.8, 4) is 11.5 Å². The van der Waals surface area contributed by atoms with Gasteiger partial charge in [-0.3, -0.25) is 9.59 Å². The Bertz CT molecular complexity index is 933. The number of ether oxygens (including phenoxy) is 3. The van der Waals surface area contributed by atoms with Gasteiger partial charge in [0.05, 0.1) is 10.6 Å². The average Bonchev–Trinajstić information content (AvgIpc) is 2.72. The molecule has 3 rings (SSSR count). The van der Waals surface area contributed by atoms with E-state index in [-0.39, 0.29) is 10.6 Å². The molecule has 1 heterocycles. The van der Waals surface area contributed by atoms with Crippen LogP contribution < -0.4 is 20.1 Å². The summed E-state index contributed by atoms with van der Waals surface area (Å²) in [6.07, 6.45) is 0. The summed E-state index contributed by atoms with van der Waals surface area (Å²) in [6.45, 7) is 1.86. The van der Waals surface area contributed by atoms with Crippen LogP contribution in [0.4, 0.5) is 5.69 Å². The lowest BCUT2D eigenvalue weighted by molar-refractivity contribution is -0.148. The first-order valence-electron chi connectivity index (χ1n) is 8.85. The monoisotopic (exact) mass is 418 g/mol. The summed E-state index contributed by atoms with van der Waals surface area (Å²) in [6, 6.07) is 10.5. The molecule has 9 heteroatoms. The molecule has 0 aliphatic carbocycles. The SMILES string of the molecule is CC(NC(=O)c1ccccc1Cl)C(=O)OCC(=O)Nc1ccc2c(c1)OCCO2. The number of halogens is 1. The second-order valence-corrected chi connectivity index (χ2v) is 6.60. The first kappa shape index (κ1) is 20.5. The van der Waals surface area contributed by atoms with E-state index in [1.54, 1.807) is 36.4 Å². The Morgan fingerprint density at radius 2 is 1.83 bits per heavy atom. The Labute approximate surface area is 172 Å². The molecular formula is C20H19ClN2O6. The van der Waals surface area contributed by atoms with Crippen molar-refractivity contribution in [1.82, 2.24) is 5.32 Å². The highest BCUT2D eigenvalue weighted by Gasteiger charge is 2.20. The normalized spacial score (nSPS) is 13.2. The van der Waals surface area contributed by atoms with Crippen LogP contribution in [0, 0.1) is 0 Å². The van der Waals surface area contributed by atoms with Crippen LogP contribution in [0.5, 0.6) is 11.5 Å². The standard InChI is InChI=1S/C20H19ClN2O6/c1-12(22-19(25)14-4-2-3-5-15(14)21)20(26)29-11-18(24)23-13-6-7-16-17(10-13)28-9-8-27-16/h2-7,10,12H,8-9,11H2,1H3,(H,22,25)(H,23,24). The van der Waals surface area contributed by atoms with Gasteiger partial charge >= 0.3 is 5.97 Å². The minimum Gasteiger partial charge on any atom is -0.486 e. The van der Waals surface area contributed by atoms with Gasteiger partial charge in [-0.15, -0.1) is 0 Å². The molecule has 0 aromatic heterocycles. The number of esters is 1. The molecule has 1 unspecified atom stereocenters. The van der Waals surface area contributed by atoms with E-state index < -0.39 is 30.4 Å². The van der Waals surface area contributed by atoms with Gasteiger partial charge in [0.1, 0.15) is 19.3 Å². The highest BCUT2D eigenvalue weighted by atomic mass is 35.5. The Balaban J connectivity index is 1.47.